The monoisotopic (exact) mass is 444 g/mol. The molecular formula is C28H44O4. The van der Waals surface area contributed by atoms with Gasteiger partial charge in [0.05, 0.1) is 17.4 Å². The first kappa shape index (κ1) is 26.4. The van der Waals surface area contributed by atoms with Crippen molar-refractivity contribution in [3.8, 4) is 0 Å². The lowest BCUT2D eigenvalue weighted by Gasteiger charge is -2.24. The smallest absolute Gasteiger partial charge is 0.315 e. The molecule has 0 fully saturated rings. The van der Waals surface area contributed by atoms with Crippen molar-refractivity contribution < 1.29 is 19.4 Å². The summed E-state index contributed by atoms with van der Waals surface area (Å²) in [5.41, 5.74) is -0.926. The first-order valence-corrected chi connectivity index (χ1v) is 13.0. The van der Waals surface area contributed by atoms with Gasteiger partial charge in [0.15, 0.2) is 0 Å². The molecule has 0 radical (unpaired) electrons. The van der Waals surface area contributed by atoms with Gasteiger partial charge in [0.1, 0.15) is 0 Å². The maximum absolute atomic E-state index is 12.3. The number of esters is 1. The Morgan fingerprint density at radius 3 is 1.78 bits per heavy atom. The van der Waals surface area contributed by atoms with Crippen molar-refractivity contribution in [2.24, 2.45) is 10.8 Å². The minimum absolute atomic E-state index is 0.0338. The van der Waals surface area contributed by atoms with Crippen molar-refractivity contribution in [2.45, 2.75) is 110 Å². The summed E-state index contributed by atoms with van der Waals surface area (Å²) >= 11 is 0. The molecule has 0 aliphatic heterocycles. The van der Waals surface area contributed by atoms with Crippen LogP contribution >= 0.6 is 0 Å². The van der Waals surface area contributed by atoms with Gasteiger partial charge in [-0.05, 0) is 71.1 Å². The van der Waals surface area contributed by atoms with Crippen LogP contribution in [0, 0.1) is 10.8 Å². The number of aliphatic carboxylic acids is 1. The molecule has 0 saturated heterocycles. The molecule has 32 heavy (non-hydrogen) atoms. The number of carboxylic acid groups (broad SMARTS) is 1. The van der Waals surface area contributed by atoms with Crippen molar-refractivity contribution in [3.05, 3.63) is 36.5 Å². The number of unbranched alkanes of at least 4 members (excludes halogenated alkanes) is 8. The lowest BCUT2D eigenvalue weighted by Crippen LogP contribution is -2.29. The number of carbonyl (C=O) groups is 2. The molecule has 0 aromatic heterocycles. The van der Waals surface area contributed by atoms with Gasteiger partial charge in [-0.3, -0.25) is 9.59 Å². The van der Waals surface area contributed by atoms with E-state index < -0.39 is 11.4 Å². The molecule has 4 heteroatoms. The largest absolute Gasteiger partial charge is 0.481 e. The Morgan fingerprint density at radius 2 is 1.31 bits per heavy atom. The summed E-state index contributed by atoms with van der Waals surface area (Å²) in [4.78, 5) is 23.8. The van der Waals surface area contributed by atoms with Gasteiger partial charge in [0.25, 0.3) is 0 Å². The van der Waals surface area contributed by atoms with Crippen LogP contribution in [0.5, 0.6) is 0 Å². The van der Waals surface area contributed by atoms with E-state index in [1.165, 1.54) is 32.1 Å². The van der Waals surface area contributed by atoms with E-state index in [0.29, 0.717) is 6.61 Å². The standard InChI is InChI=1S/C28H44O4/c1-2-32-26(31)28(23-17-18-24-28)22-14-12-10-8-6-4-3-5-7-9-11-13-19-27(25(29)30)20-15-16-21-27/h3-4,15,17,20,23H,2,5-14,16,18-19,21-22,24H2,1H3,(H,29,30)/b4-3-. The minimum atomic E-state index is -0.650. The molecule has 0 heterocycles. The number of allylic oxidation sites excluding steroid dienone is 4. The van der Waals surface area contributed by atoms with E-state index in [0.717, 1.165) is 70.6 Å². The first-order valence-electron chi connectivity index (χ1n) is 13.0. The Hall–Kier alpha value is -1.84. The average Bonchev–Trinajstić information content (AvgIpc) is 3.45. The highest BCUT2D eigenvalue weighted by molar-refractivity contribution is 5.79. The van der Waals surface area contributed by atoms with Crippen molar-refractivity contribution in [1.29, 1.82) is 0 Å². The molecule has 2 atom stereocenters. The summed E-state index contributed by atoms with van der Waals surface area (Å²) in [6.45, 7) is 2.34. The fraction of sp³-hybridized carbons (Fsp3) is 0.714. The van der Waals surface area contributed by atoms with Crippen molar-refractivity contribution in [3.63, 3.8) is 0 Å². The number of rotatable bonds is 17. The number of carboxylic acids is 1. The fourth-order valence-corrected chi connectivity index (χ4v) is 5.06. The second kappa shape index (κ2) is 14.3. The van der Waals surface area contributed by atoms with Crippen LogP contribution in [0.1, 0.15) is 110 Å². The van der Waals surface area contributed by atoms with Crippen LogP contribution in [-0.2, 0) is 14.3 Å². The topological polar surface area (TPSA) is 63.6 Å². The zero-order valence-electron chi connectivity index (χ0n) is 20.2. The molecule has 2 rings (SSSR count). The van der Waals surface area contributed by atoms with E-state index in [9.17, 15) is 14.7 Å². The van der Waals surface area contributed by atoms with Crippen LogP contribution in [0.15, 0.2) is 36.5 Å². The molecule has 0 saturated carbocycles. The van der Waals surface area contributed by atoms with Crippen LogP contribution in [0.3, 0.4) is 0 Å². The maximum atomic E-state index is 12.3. The highest BCUT2D eigenvalue weighted by Crippen LogP contribution is 2.39. The van der Waals surface area contributed by atoms with Gasteiger partial charge in [0.2, 0.25) is 0 Å². The summed E-state index contributed by atoms with van der Waals surface area (Å²) in [5, 5.41) is 9.48. The molecule has 0 spiro atoms. The second-order valence-electron chi connectivity index (χ2n) is 9.60. The van der Waals surface area contributed by atoms with Crippen LogP contribution in [0.25, 0.3) is 0 Å². The zero-order chi connectivity index (χ0) is 23.1. The van der Waals surface area contributed by atoms with Gasteiger partial charge < -0.3 is 9.84 Å². The van der Waals surface area contributed by atoms with Crippen molar-refractivity contribution in [2.75, 3.05) is 6.61 Å². The average molecular weight is 445 g/mol. The van der Waals surface area contributed by atoms with Crippen LogP contribution in [0.2, 0.25) is 0 Å². The summed E-state index contributed by atoms with van der Waals surface area (Å²) in [6, 6.07) is 0. The lowest BCUT2D eigenvalue weighted by atomic mass is 9.82. The Labute approximate surface area is 195 Å². The summed E-state index contributed by atoms with van der Waals surface area (Å²) in [6.07, 6.45) is 29.5. The van der Waals surface area contributed by atoms with Gasteiger partial charge in [-0.15, -0.1) is 0 Å². The third kappa shape index (κ3) is 8.26. The summed E-state index contributed by atoms with van der Waals surface area (Å²) in [5.74, 6) is -0.684. The maximum Gasteiger partial charge on any atom is 0.315 e. The van der Waals surface area contributed by atoms with Gasteiger partial charge in [-0.1, -0.05) is 75.0 Å². The number of ether oxygens (including phenoxy) is 1. The van der Waals surface area contributed by atoms with Gasteiger partial charge in [-0.25, -0.2) is 0 Å². The molecule has 4 nitrogen and oxygen atoms in total. The Bertz CT molecular complexity index is 662. The number of carbonyl (C=O) groups excluding carboxylic acids is 1. The highest BCUT2D eigenvalue weighted by Gasteiger charge is 2.38. The van der Waals surface area contributed by atoms with Crippen LogP contribution in [-0.4, -0.2) is 23.7 Å². The highest BCUT2D eigenvalue weighted by atomic mass is 16.5. The van der Waals surface area contributed by atoms with E-state index in [4.69, 9.17) is 4.74 Å². The predicted octanol–water partition coefficient (Wildman–Crippen LogP) is 7.54. The molecule has 180 valence electrons. The third-order valence-corrected chi connectivity index (χ3v) is 7.15. The van der Waals surface area contributed by atoms with E-state index in [-0.39, 0.29) is 11.4 Å². The molecule has 0 aromatic carbocycles. The SMILES string of the molecule is CCOC(=O)C1(CCCCCC/C=C\CCCCCCC2(C(=O)O)C=CCC2)C=CCC1. The fourth-order valence-electron chi connectivity index (χ4n) is 5.06. The molecule has 2 aliphatic carbocycles. The lowest BCUT2D eigenvalue weighted by molar-refractivity contribution is -0.153. The Kier molecular flexibility index (Phi) is 11.8. The van der Waals surface area contributed by atoms with Crippen LogP contribution < -0.4 is 0 Å². The van der Waals surface area contributed by atoms with Gasteiger partial charge in [0, 0.05) is 0 Å². The quantitative estimate of drug-likeness (QED) is 0.143. The van der Waals surface area contributed by atoms with Crippen LogP contribution in [0.4, 0.5) is 0 Å². The van der Waals surface area contributed by atoms with E-state index in [1.54, 1.807) is 0 Å². The predicted molar refractivity (Wildman–Crippen MR) is 130 cm³/mol. The van der Waals surface area contributed by atoms with E-state index in [1.807, 2.05) is 19.1 Å². The van der Waals surface area contributed by atoms with Gasteiger partial charge >= 0.3 is 11.9 Å². The second-order valence-corrected chi connectivity index (χ2v) is 9.60. The zero-order valence-corrected chi connectivity index (χ0v) is 20.2. The van der Waals surface area contributed by atoms with E-state index >= 15 is 0 Å². The Morgan fingerprint density at radius 1 is 0.812 bits per heavy atom. The summed E-state index contributed by atoms with van der Waals surface area (Å²) < 4.78 is 5.30. The van der Waals surface area contributed by atoms with Gasteiger partial charge in [-0.2, -0.15) is 0 Å². The molecule has 1 N–H and O–H groups in total. The molecule has 0 aromatic rings. The Balaban J connectivity index is 1.43. The molecule has 2 aliphatic rings. The normalized spacial score (nSPS) is 24.5. The molecule has 2 unspecified atom stereocenters. The van der Waals surface area contributed by atoms with Crippen molar-refractivity contribution in [1.82, 2.24) is 0 Å². The summed E-state index contributed by atoms with van der Waals surface area (Å²) in [7, 11) is 0. The molecular weight excluding hydrogens is 400 g/mol. The van der Waals surface area contributed by atoms with E-state index in [2.05, 4.69) is 24.3 Å². The van der Waals surface area contributed by atoms with Crippen molar-refractivity contribution >= 4 is 11.9 Å². The molecule has 0 bridgehead atoms. The first-order chi connectivity index (χ1) is 15.5. The number of hydrogen-bond acceptors (Lipinski definition) is 3. The third-order valence-electron chi connectivity index (χ3n) is 7.15. The molecule has 0 amide bonds. The number of hydrogen-bond donors (Lipinski definition) is 1. The minimum Gasteiger partial charge on any atom is -0.481 e.